The normalized spacial score (nSPS) is 20.5. The number of carbonyl (C=O) groups is 1. The van der Waals surface area contributed by atoms with E-state index in [1.54, 1.807) is 10.9 Å². The Balaban J connectivity index is 1.29. The first kappa shape index (κ1) is 19.1. The van der Waals surface area contributed by atoms with E-state index in [0.29, 0.717) is 11.7 Å². The summed E-state index contributed by atoms with van der Waals surface area (Å²) in [6, 6.07) is 2.13. The van der Waals surface area contributed by atoms with E-state index in [1.165, 1.54) is 11.8 Å². The Bertz CT molecular complexity index is 809. The van der Waals surface area contributed by atoms with Crippen LogP contribution < -0.4 is 10.2 Å². The SMILES string of the molecule is Cn1cnnc1SCC(=O)NC1CCN(c2nccc(C3CCOCC3)n2)C1. The molecule has 0 bridgehead atoms. The fourth-order valence-corrected chi connectivity index (χ4v) is 4.30. The van der Waals surface area contributed by atoms with Gasteiger partial charge in [-0.05, 0) is 25.3 Å². The number of nitrogens with zero attached hydrogens (tertiary/aromatic N) is 6. The molecule has 0 saturated carbocycles. The molecule has 2 fully saturated rings. The van der Waals surface area contributed by atoms with Gasteiger partial charge in [0.25, 0.3) is 0 Å². The van der Waals surface area contributed by atoms with Crippen LogP contribution in [0.5, 0.6) is 0 Å². The number of hydrogen-bond acceptors (Lipinski definition) is 8. The number of aromatic nitrogens is 5. The van der Waals surface area contributed by atoms with E-state index in [9.17, 15) is 4.79 Å². The van der Waals surface area contributed by atoms with Crippen molar-refractivity contribution >= 4 is 23.6 Å². The molecule has 9 nitrogen and oxygen atoms in total. The molecule has 1 amide bonds. The third kappa shape index (κ3) is 4.61. The zero-order chi connectivity index (χ0) is 19.3. The van der Waals surface area contributed by atoms with Crippen molar-refractivity contribution in [3.63, 3.8) is 0 Å². The maximum atomic E-state index is 12.3. The van der Waals surface area contributed by atoms with Crippen LogP contribution in [0.1, 0.15) is 30.9 Å². The third-order valence-corrected chi connectivity index (χ3v) is 6.18. The molecular formula is C18H25N7O2S. The lowest BCUT2D eigenvalue weighted by Gasteiger charge is -2.23. The van der Waals surface area contributed by atoms with Gasteiger partial charge >= 0.3 is 0 Å². The molecule has 2 aromatic heterocycles. The molecule has 1 unspecified atom stereocenters. The molecule has 4 heterocycles. The van der Waals surface area contributed by atoms with Gasteiger partial charge < -0.3 is 19.5 Å². The van der Waals surface area contributed by atoms with Crippen LogP contribution in [0, 0.1) is 0 Å². The molecule has 2 aromatic rings. The molecular weight excluding hydrogens is 378 g/mol. The minimum Gasteiger partial charge on any atom is -0.381 e. The summed E-state index contributed by atoms with van der Waals surface area (Å²) in [6.07, 6.45) is 6.39. The molecule has 28 heavy (non-hydrogen) atoms. The van der Waals surface area contributed by atoms with Crippen LogP contribution >= 0.6 is 11.8 Å². The number of carbonyl (C=O) groups excluding carboxylic acids is 1. The van der Waals surface area contributed by atoms with Crippen LogP contribution in [0.4, 0.5) is 5.95 Å². The molecule has 4 rings (SSSR count). The van der Waals surface area contributed by atoms with Crippen LogP contribution in [0.25, 0.3) is 0 Å². The van der Waals surface area contributed by atoms with Gasteiger partial charge in [-0.2, -0.15) is 0 Å². The Kier molecular flexibility index (Phi) is 6.06. The molecule has 2 saturated heterocycles. The molecule has 0 radical (unpaired) electrons. The number of aryl methyl sites for hydroxylation is 1. The molecule has 1 atom stereocenters. The molecule has 150 valence electrons. The highest BCUT2D eigenvalue weighted by molar-refractivity contribution is 7.99. The van der Waals surface area contributed by atoms with Crippen molar-refractivity contribution in [3.05, 3.63) is 24.3 Å². The van der Waals surface area contributed by atoms with Crippen LogP contribution in [0.3, 0.4) is 0 Å². The fraction of sp³-hybridized carbons (Fsp3) is 0.611. The number of nitrogens with one attached hydrogen (secondary N) is 1. The van der Waals surface area contributed by atoms with Gasteiger partial charge in [-0.15, -0.1) is 10.2 Å². The number of amides is 1. The minimum absolute atomic E-state index is 0.0109. The molecule has 10 heteroatoms. The molecule has 2 aliphatic heterocycles. The van der Waals surface area contributed by atoms with Gasteiger partial charge in [0.1, 0.15) is 6.33 Å². The average molecular weight is 404 g/mol. The summed E-state index contributed by atoms with van der Waals surface area (Å²) in [5.41, 5.74) is 1.10. The second kappa shape index (κ2) is 8.87. The van der Waals surface area contributed by atoms with E-state index < -0.39 is 0 Å². The fourth-order valence-electron chi connectivity index (χ4n) is 3.60. The number of hydrogen-bond donors (Lipinski definition) is 1. The summed E-state index contributed by atoms with van der Waals surface area (Å²) in [4.78, 5) is 23.7. The van der Waals surface area contributed by atoms with Crippen molar-refractivity contribution in [3.8, 4) is 0 Å². The third-order valence-electron chi connectivity index (χ3n) is 5.14. The quantitative estimate of drug-likeness (QED) is 0.713. The topological polar surface area (TPSA) is 98.1 Å². The lowest BCUT2D eigenvalue weighted by Crippen LogP contribution is -2.38. The Morgan fingerprint density at radius 1 is 1.36 bits per heavy atom. The van der Waals surface area contributed by atoms with Gasteiger partial charge in [-0.1, -0.05) is 11.8 Å². The standard InChI is InChI=1S/C18H25N7O2S/c1-24-12-20-23-18(24)28-11-16(26)21-14-3-7-25(10-14)17-19-6-2-15(22-17)13-4-8-27-9-5-13/h2,6,12-14H,3-5,7-11H2,1H3,(H,21,26). The van der Waals surface area contributed by atoms with E-state index in [-0.39, 0.29) is 11.9 Å². The van der Waals surface area contributed by atoms with Gasteiger partial charge in [0.15, 0.2) is 5.16 Å². The summed E-state index contributed by atoms with van der Waals surface area (Å²) in [6.45, 7) is 3.18. The number of thioether (sulfide) groups is 1. The van der Waals surface area contributed by atoms with E-state index in [0.717, 1.165) is 62.4 Å². The van der Waals surface area contributed by atoms with Gasteiger partial charge in [0.05, 0.1) is 5.75 Å². The van der Waals surface area contributed by atoms with E-state index in [2.05, 4.69) is 25.4 Å². The summed E-state index contributed by atoms with van der Waals surface area (Å²) in [5, 5.41) is 11.6. The second-order valence-corrected chi connectivity index (χ2v) is 8.12. The van der Waals surface area contributed by atoms with Gasteiger partial charge in [0, 0.05) is 57.2 Å². The van der Waals surface area contributed by atoms with Gasteiger partial charge in [0.2, 0.25) is 11.9 Å². The minimum atomic E-state index is 0.0109. The van der Waals surface area contributed by atoms with Crippen LogP contribution in [0.15, 0.2) is 23.7 Å². The predicted octanol–water partition coefficient (Wildman–Crippen LogP) is 0.986. The first-order valence-electron chi connectivity index (χ1n) is 9.61. The lowest BCUT2D eigenvalue weighted by atomic mass is 9.96. The maximum Gasteiger partial charge on any atom is 0.230 e. The highest BCUT2D eigenvalue weighted by atomic mass is 32.2. The van der Waals surface area contributed by atoms with Crippen LogP contribution in [0.2, 0.25) is 0 Å². The number of ether oxygens (including phenoxy) is 1. The van der Waals surface area contributed by atoms with Crippen molar-refractivity contribution in [1.29, 1.82) is 0 Å². The van der Waals surface area contributed by atoms with Crippen molar-refractivity contribution in [2.75, 3.05) is 37.0 Å². The molecule has 1 N–H and O–H groups in total. The van der Waals surface area contributed by atoms with Crippen molar-refractivity contribution in [1.82, 2.24) is 30.0 Å². The highest BCUT2D eigenvalue weighted by Crippen LogP contribution is 2.26. The summed E-state index contributed by atoms with van der Waals surface area (Å²) in [7, 11) is 1.86. The number of anilines is 1. The molecule has 0 spiro atoms. The van der Waals surface area contributed by atoms with E-state index in [1.807, 2.05) is 19.3 Å². The Hall–Kier alpha value is -2.20. The van der Waals surface area contributed by atoms with E-state index in [4.69, 9.17) is 9.72 Å². The average Bonchev–Trinajstić information content (AvgIpc) is 3.36. The van der Waals surface area contributed by atoms with Crippen LogP contribution in [-0.4, -0.2) is 68.7 Å². The van der Waals surface area contributed by atoms with Gasteiger partial charge in [-0.25, -0.2) is 9.97 Å². The number of rotatable bonds is 6. The van der Waals surface area contributed by atoms with Gasteiger partial charge in [-0.3, -0.25) is 4.79 Å². The first-order valence-corrected chi connectivity index (χ1v) is 10.6. The zero-order valence-corrected chi connectivity index (χ0v) is 16.8. The smallest absolute Gasteiger partial charge is 0.230 e. The van der Waals surface area contributed by atoms with Crippen molar-refractivity contribution in [2.45, 2.75) is 36.4 Å². The molecule has 2 aliphatic rings. The maximum absolute atomic E-state index is 12.3. The highest BCUT2D eigenvalue weighted by Gasteiger charge is 2.26. The monoisotopic (exact) mass is 403 g/mol. The largest absolute Gasteiger partial charge is 0.381 e. The zero-order valence-electron chi connectivity index (χ0n) is 16.0. The van der Waals surface area contributed by atoms with E-state index >= 15 is 0 Å². The Morgan fingerprint density at radius 2 is 2.21 bits per heavy atom. The Morgan fingerprint density at radius 3 is 3.00 bits per heavy atom. The predicted molar refractivity (Wildman–Crippen MR) is 105 cm³/mol. The first-order chi connectivity index (χ1) is 13.7. The summed E-state index contributed by atoms with van der Waals surface area (Å²) < 4.78 is 7.25. The van der Waals surface area contributed by atoms with Crippen molar-refractivity contribution < 1.29 is 9.53 Å². The summed E-state index contributed by atoms with van der Waals surface area (Å²) in [5.74, 6) is 1.55. The second-order valence-electron chi connectivity index (χ2n) is 7.18. The van der Waals surface area contributed by atoms with Crippen molar-refractivity contribution in [2.24, 2.45) is 7.05 Å². The Labute approximate surface area is 168 Å². The lowest BCUT2D eigenvalue weighted by molar-refractivity contribution is -0.119. The summed E-state index contributed by atoms with van der Waals surface area (Å²) >= 11 is 1.39. The molecule has 0 aromatic carbocycles. The van der Waals surface area contributed by atoms with Crippen LogP contribution in [-0.2, 0) is 16.6 Å². The molecule has 0 aliphatic carbocycles.